The highest BCUT2D eigenvalue weighted by molar-refractivity contribution is 6.30. The van der Waals surface area contributed by atoms with E-state index in [2.05, 4.69) is 20.3 Å². The average Bonchev–Trinajstić information content (AvgIpc) is 2.67. The van der Waals surface area contributed by atoms with Gasteiger partial charge in [-0.2, -0.15) is 13.2 Å². The molecule has 0 unspecified atom stereocenters. The Kier molecular flexibility index (Phi) is 5.99. The summed E-state index contributed by atoms with van der Waals surface area (Å²) in [4.78, 5) is 12.2. The Balaban J connectivity index is 1.78. The molecule has 0 spiro atoms. The van der Waals surface area contributed by atoms with Gasteiger partial charge in [0.05, 0.1) is 7.11 Å². The van der Waals surface area contributed by atoms with Gasteiger partial charge in [0, 0.05) is 35.6 Å². The minimum absolute atomic E-state index is 0.0754. The van der Waals surface area contributed by atoms with Gasteiger partial charge in [-0.25, -0.2) is 15.0 Å². The van der Waals surface area contributed by atoms with E-state index in [4.69, 9.17) is 16.3 Å². The number of pyridine rings is 1. The van der Waals surface area contributed by atoms with Crippen LogP contribution in [-0.2, 0) is 6.42 Å². The number of benzene rings is 1. The molecule has 1 N–H and O–H groups in total. The van der Waals surface area contributed by atoms with Gasteiger partial charge in [-0.1, -0.05) is 23.7 Å². The second kappa shape index (κ2) is 8.43. The number of nitrogens with zero attached hydrogens (tertiary/aromatic N) is 3. The minimum atomic E-state index is -4.33. The normalized spacial score (nSPS) is 11.3. The number of methoxy groups -OCH3 is 1. The largest absolute Gasteiger partial charge is 0.481 e. The lowest BCUT2D eigenvalue weighted by atomic mass is 10.0. The maximum atomic E-state index is 12.2. The van der Waals surface area contributed by atoms with E-state index in [0.717, 1.165) is 22.3 Å². The SMILES string of the molecule is COc1ncc(Cc2cnc(NCC(F)(F)F)nc2)cc1-c1cccc(Cl)c1. The fourth-order valence-corrected chi connectivity index (χ4v) is 2.76. The molecule has 0 bridgehead atoms. The van der Waals surface area contributed by atoms with Crippen LogP contribution in [0, 0.1) is 0 Å². The van der Waals surface area contributed by atoms with Crippen molar-refractivity contribution >= 4 is 17.5 Å². The van der Waals surface area contributed by atoms with Gasteiger partial charge in [0.15, 0.2) is 0 Å². The molecule has 0 aliphatic rings. The second-order valence-electron chi connectivity index (χ2n) is 5.97. The quantitative estimate of drug-likeness (QED) is 0.637. The Morgan fingerprint density at radius 2 is 1.75 bits per heavy atom. The van der Waals surface area contributed by atoms with Crippen molar-refractivity contribution < 1.29 is 17.9 Å². The topological polar surface area (TPSA) is 59.9 Å². The third-order valence-electron chi connectivity index (χ3n) is 3.80. The van der Waals surface area contributed by atoms with Gasteiger partial charge < -0.3 is 10.1 Å². The summed E-state index contributed by atoms with van der Waals surface area (Å²) in [6.07, 6.45) is 0.768. The van der Waals surface area contributed by atoms with E-state index in [9.17, 15) is 13.2 Å². The maximum absolute atomic E-state index is 12.2. The van der Waals surface area contributed by atoms with Crippen molar-refractivity contribution in [3.05, 3.63) is 65.1 Å². The fourth-order valence-electron chi connectivity index (χ4n) is 2.57. The highest BCUT2D eigenvalue weighted by Crippen LogP contribution is 2.31. The van der Waals surface area contributed by atoms with Crippen molar-refractivity contribution in [3.8, 4) is 17.0 Å². The van der Waals surface area contributed by atoms with Crippen LogP contribution in [-0.4, -0.2) is 34.8 Å². The maximum Gasteiger partial charge on any atom is 0.405 e. The van der Waals surface area contributed by atoms with Crippen LogP contribution in [0.4, 0.5) is 19.1 Å². The molecule has 0 atom stereocenters. The van der Waals surface area contributed by atoms with Crippen molar-refractivity contribution in [1.82, 2.24) is 15.0 Å². The van der Waals surface area contributed by atoms with E-state index in [1.165, 1.54) is 19.5 Å². The zero-order chi connectivity index (χ0) is 20.1. The van der Waals surface area contributed by atoms with Crippen molar-refractivity contribution in [2.45, 2.75) is 12.6 Å². The van der Waals surface area contributed by atoms with Gasteiger partial charge in [0.25, 0.3) is 0 Å². The first-order valence-corrected chi connectivity index (χ1v) is 8.62. The molecule has 9 heteroatoms. The molecule has 0 saturated carbocycles. The summed E-state index contributed by atoms with van der Waals surface area (Å²) in [6.45, 7) is -1.18. The van der Waals surface area contributed by atoms with Crippen LogP contribution >= 0.6 is 11.6 Å². The number of anilines is 1. The highest BCUT2D eigenvalue weighted by Gasteiger charge is 2.27. The molecule has 0 amide bonds. The molecule has 1 aromatic carbocycles. The molecule has 0 radical (unpaired) electrons. The van der Waals surface area contributed by atoms with Crippen molar-refractivity contribution in [1.29, 1.82) is 0 Å². The van der Waals surface area contributed by atoms with Gasteiger partial charge in [0.2, 0.25) is 11.8 Å². The molecule has 2 heterocycles. The summed E-state index contributed by atoms with van der Waals surface area (Å²) in [6, 6.07) is 9.26. The van der Waals surface area contributed by atoms with Crippen LogP contribution in [0.25, 0.3) is 11.1 Å². The molecular weight excluding hydrogens is 393 g/mol. The molecule has 0 fully saturated rings. The summed E-state index contributed by atoms with van der Waals surface area (Å²) in [5, 5.41) is 2.74. The van der Waals surface area contributed by atoms with Gasteiger partial charge in [-0.05, 0) is 34.9 Å². The number of nitrogens with one attached hydrogen (secondary N) is 1. The zero-order valence-corrected chi connectivity index (χ0v) is 15.6. The fraction of sp³-hybridized carbons (Fsp3) is 0.211. The number of halogens is 4. The van der Waals surface area contributed by atoms with Crippen molar-refractivity contribution in [3.63, 3.8) is 0 Å². The average molecular weight is 409 g/mol. The van der Waals surface area contributed by atoms with E-state index in [1.54, 1.807) is 12.3 Å². The second-order valence-corrected chi connectivity index (χ2v) is 6.41. The third-order valence-corrected chi connectivity index (χ3v) is 4.03. The van der Waals surface area contributed by atoms with E-state index < -0.39 is 12.7 Å². The van der Waals surface area contributed by atoms with E-state index in [0.29, 0.717) is 17.3 Å². The molecule has 0 aliphatic carbocycles. The van der Waals surface area contributed by atoms with Gasteiger partial charge in [-0.15, -0.1) is 0 Å². The monoisotopic (exact) mass is 408 g/mol. The Morgan fingerprint density at radius 1 is 1.04 bits per heavy atom. The highest BCUT2D eigenvalue weighted by atomic mass is 35.5. The Labute approximate surface area is 164 Å². The number of rotatable bonds is 6. The number of hydrogen-bond acceptors (Lipinski definition) is 5. The predicted molar refractivity (Wildman–Crippen MR) is 101 cm³/mol. The van der Waals surface area contributed by atoms with Gasteiger partial charge in [-0.3, -0.25) is 0 Å². The van der Waals surface area contributed by atoms with Gasteiger partial charge in [0.1, 0.15) is 6.54 Å². The smallest absolute Gasteiger partial charge is 0.405 e. The lowest BCUT2D eigenvalue weighted by Gasteiger charge is -2.11. The zero-order valence-electron chi connectivity index (χ0n) is 14.8. The number of hydrogen-bond donors (Lipinski definition) is 1. The molecule has 2 aromatic heterocycles. The number of ether oxygens (including phenoxy) is 1. The molecular formula is C19H16ClF3N4O. The van der Waals surface area contributed by atoms with E-state index in [1.807, 2.05) is 24.3 Å². The van der Waals surface area contributed by atoms with Crippen LogP contribution in [0.1, 0.15) is 11.1 Å². The molecule has 0 saturated heterocycles. The summed E-state index contributed by atoms with van der Waals surface area (Å²) < 4.78 is 42.0. The summed E-state index contributed by atoms with van der Waals surface area (Å²) in [7, 11) is 1.54. The first-order chi connectivity index (χ1) is 13.3. The minimum Gasteiger partial charge on any atom is -0.481 e. The van der Waals surface area contributed by atoms with E-state index in [-0.39, 0.29) is 5.95 Å². The van der Waals surface area contributed by atoms with Gasteiger partial charge >= 0.3 is 6.18 Å². The van der Waals surface area contributed by atoms with Crippen LogP contribution in [0.3, 0.4) is 0 Å². The number of aromatic nitrogens is 3. The van der Waals surface area contributed by atoms with E-state index >= 15 is 0 Å². The van der Waals surface area contributed by atoms with Crippen LogP contribution in [0.5, 0.6) is 5.88 Å². The van der Waals surface area contributed by atoms with Crippen LogP contribution in [0.2, 0.25) is 5.02 Å². The molecule has 146 valence electrons. The lowest BCUT2D eigenvalue weighted by Crippen LogP contribution is -2.22. The van der Waals surface area contributed by atoms with Crippen LogP contribution in [0.15, 0.2) is 48.9 Å². The Bertz CT molecular complexity index is 949. The summed E-state index contributed by atoms with van der Waals surface area (Å²) in [5.74, 6) is 0.391. The standard InChI is InChI=1S/C19H16ClF3N4O/c1-28-17-16(14-3-2-4-15(20)7-14)6-12(8-24-17)5-13-9-25-18(26-10-13)27-11-19(21,22)23/h2-4,6-10H,5,11H2,1H3,(H,25,26,27). The molecule has 3 aromatic rings. The molecule has 3 rings (SSSR count). The lowest BCUT2D eigenvalue weighted by molar-refractivity contribution is -0.115. The summed E-state index contributed by atoms with van der Waals surface area (Å²) in [5.41, 5.74) is 3.26. The molecule has 0 aliphatic heterocycles. The molecule has 5 nitrogen and oxygen atoms in total. The third kappa shape index (κ3) is 5.32. The molecule has 28 heavy (non-hydrogen) atoms. The van der Waals surface area contributed by atoms with Crippen molar-refractivity contribution in [2.75, 3.05) is 19.0 Å². The van der Waals surface area contributed by atoms with Crippen molar-refractivity contribution in [2.24, 2.45) is 0 Å². The number of alkyl halides is 3. The summed E-state index contributed by atoms with van der Waals surface area (Å²) >= 11 is 6.07. The Morgan fingerprint density at radius 3 is 2.39 bits per heavy atom. The first kappa shape index (κ1) is 19.9. The predicted octanol–water partition coefficient (Wildman–Crippen LogP) is 4.77. The first-order valence-electron chi connectivity index (χ1n) is 8.24. The van der Waals surface area contributed by atoms with Crippen LogP contribution < -0.4 is 10.1 Å². The Hall–Kier alpha value is -2.87.